The summed E-state index contributed by atoms with van der Waals surface area (Å²) in [4.78, 5) is 4.64. The molecule has 2 heterocycles. The maximum absolute atomic E-state index is 3.63. The Morgan fingerprint density at radius 1 is 1.12 bits per heavy atom. The molecule has 0 spiro atoms. The number of aromatic nitrogens is 1. The molecule has 1 unspecified atom stereocenters. The largest absolute Gasteiger partial charge is 0.361 e. The molecule has 0 saturated carbocycles. The number of hydrogen-bond donors (Lipinski definition) is 2. The predicted molar refractivity (Wildman–Crippen MR) is 115 cm³/mol. The van der Waals surface area contributed by atoms with Crippen molar-refractivity contribution in [3.63, 3.8) is 0 Å². The van der Waals surface area contributed by atoms with Crippen LogP contribution in [0.2, 0.25) is 0 Å². The van der Waals surface area contributed by atoms with E-state index in [9.17, 15) is 0 Å². The molecule has 4 rings (SSSR count). The minimum Gasteiger partial charge on any atom is -0.361 e. The van der Waals surface area contributed by atoms with E-state index in [1.54, 1.807) is 0 Å². The summed E-state index contributed by atoms with van der Waals surface area (Å²) in [5, 5.41) is 4.93. The van der Waals surface area contributed by atoms with Crippen LogP contribution in [0.25, 0.3) is 22.6 Å². The molecule has 0 fully saturated rings. The highest BCUT2D eigenvalue weighted by Gasteiger charge is 2.14. The van der Waals surface area contributed by atoms with Crippen molar-refractivity contribution in [3.05, 3.63) is 78.0 Å². The molecule has 1 aliphatic heterocycles. The second-order valence-electron chi connectivity index (χ2n) is 6.66. The molecule has 2 N–H and O–H groups in total. The highest BCUT2D eigenvalue weighted by Crippen LogP contribution is 2.30. The third kappa shape index (κ3) is 3.64. The minimum absolute atomic E-state index is 0.495. The van der Waals surface area contributed by atoms with Crippen molar-refractivity contribution >= 4 is 34.3 Å². The van der Waals surface area contributed by atoms with E-state index in [1.807, 2.05) is 18.0 Å². The zero-order chi connectivity index (χ0) is 17.8. The number of aromatic amines is 1. The highest BCUT2D eigenvalue weighted by molar-refractivity contribution is 7.98. The van der Waals surface area contributed by atoms with Crippen LogP contribution >= 0.6 is 11.8 Å². The second-order valence-corrected chi connectivity index (χ2v) is 7.51. The van der Waals surface area contributed by atoms with Gasteiger partial charge in [0.2, 0.25) is 0 Å². The molecule has 2 aromatic carbocycles. The monoisotopic (exact) mass is 360 g/mol. The minimum atomic E-state index is 0.495. The van der Waals surface area contributed by atoms with E-state index in [0.29, 0.717) is 6.04 Å². The Hall–Kier alpha value is -2.23. The number of rotatable bonds is 5. The van der Waals surface area contributed by atoms with Gasteiger partial charge in [-0.3, -0.25) is 0 Å². The van der Waals surface area contributed by atoms with Crippen molar-refractivity contribution in [1.82, 2.24) is 10.3 Å². The van der Waals surface area contributed by atoms with Gasteiger partial charge in [-0.15, -0.1) is 11.8 Å². The highest BCUT2D eigenvalue weighted by atomic mass is 32.2. The summed E-state index contributed by atoms with van der Waals surface area (Å²) >= 11 is 1.81. The van der Waals surface area contributed by atoms with Gasteiger partial charge in [-0.1, -0.05) is 48.6 Å². The molecule has 0 radical (unpaired) electrons. The van der Waals surface area contributed by atoms with E-state index < -0.39 is 0 Å². The Bertz CT molecular complexity index is 937. The van der Waals surface area contributed by atoms with Crippen LogP contribution in [0.5, 0.6) is 0 Å². The summed E-state index contributed by atoms with van der Waals surface area (Å²) in [6.45, 7) is 0.951. The molecule has 1 atom stereocenters. The number of hydrogen-bond acceptors (Lipinski definition) is 2. The number of nitrogens with one attached hydrogen (secondary N) is 2. The van der Waals surface area contributed by atoms with Crippen LogP contribution in [-0.2, 0) is 0 Å². The van der Waals surface area contributed by atoms with E-state index >= 15 is 0 Å². The number of H-pyrrole nitrogens is 1. The molecule has 0 amide bonds. The Kier molecular flexibility index (Phi) is 5.28. The Morgan fingerprint density at radius 2 is 2.00 bits per heavy atom. The molecule has 0 saturated heterocycles. The fourth-order valence-electron chi connectivity index (χ4n) is 3.66. The summed E-state index contributed by atoms with van der Waals surface area (Å²) < 4.78 is 0. The Labute approximate surface area is 159 Å². The number of benzene rings is 2. The van der Waals surface area contributed by atoms with Gasteiger partial charge in [-0.05, 0) is 54.0 Å². The zero-order valence-corrected chi connectivity index (χ0v) is 15.9. The van der Waals surface area contributed by atoms with Gasteiger partial charge in [0.05, 0.1) is 0 Å². The SMILES string of the molecule is CSc1ccc2[nH]ccc2c1/C=C/CC1CC(c2ccccc2)=CCN1. The van der Waals surface area contributed by atoms with Crippen LogP contribution in [0.1, 0.15) is 24.0 Å². The molecule has 0 bridgehead atoms. The smallest absolute Gasteiger partial charge is 0.0460 e. The van der Waals surface area contributed by atoms with Crippen molar-refractivity contribution in [3.8, 4) is 0 Å². The zero-order valence-electron chi connectivity index (χ0n) is 15.0. The average molecular weight is 361 g/mol. The number of fused-ring (bicyclic) bond motifs is 1. The molecule has 3 heteroatoms. The van der Waals surface area contributed by atoms with Crippen LogP contribution < -0.4 is 5.32 Å². The van der Waals surface area contributed by atoms with Gasteiger partial charge in [0, 0.05) is 34.6 Å². The average Bonchev–Trinajstić information content (AvgIpc) is 3.18. The molecular weight excluding hydrogens is 336 g/mol. The van der Waals surface area contributed by atoms with Crippen LogP contribution in [0.3, 0.4) is 0 Å². The van der Waals surface area contributed by atoms with Gasteiger partial charge in [-0.25, -0.2) is 0 Å². The van der Waals surface area contributed by atoms with Crippen LogP contribution in [-0.4, -0.2) is 23.8 Å². The first kappa shape index (κ1) is 17.2. The van der Waals surface area contributed by atoms with Gasteiger partial charge < -0.3 is 10.3 Å². The van der Waals surface area contributed by atoms with Gasteiger partial charge in [0.25, 0.3) is 0 Å². The fraction of sp³-hybridized carbons (Fsp3) is 0.217. The quantitative estimate of drug-likeness (QED) is 0.568. The fourth-order valence-corrected chi connectivity index (χ4v) is 4.26. The summed E-state index contributed by atoms with van der Waals surface area (Å²) in [5.74, 6) is 0. The van der Waals surface area contributed by atoms with Crippen LogP contribution in [0.4, 0.5) is 0 Å². The lowest BCUT2D eigenvalue weighted by Gasteiger charge is -2.23. The first-order valence-corrected chi connectivity index (χ1v) is 10.4. The third-order valence-corrected chi connectivity index (χ3v) is 5.82. The normalized spacial score (nSPS) is 17.7. The molecule has 1 aromatic heterocycles. The van der Waals surface area contributed by atoms with E-state index in [-0.39, 0.29) is 0 Å². The lowest BCUT2D eigenvalue weighted by Crippen LogP contribution is -2.32. The standard InChI is InChI=1S/C23H24N2S/c1-26-23-11-10-22-20(13-15-25-22)21(23)9-5-8-19-16-18(12-14-24-19)17-6-3-2-4-7-17/h2-7,9-13,15,19,24-25H,8,14,16H2,1H3/b9-5+. The lowest BCUT2D eigenvalue weighted by molar-refractivity contribution is 0.542. The molecule has 1 aliphatic rings. The predicted octanol–water partition coefficient (Wildman–Crippen LogP) is 5.74. The molecular formula is C23H24N2S. The van der Waals surface area contributed by atoms with Gasteiger partial charge in [-0.2, -0.15) is 0 Å². The van der Waals surface area contributed by atoms with E-state index in [0.717, 1.165) is 19.4 Å². The topological polar surface area (TPSA) is 27.8 Å². The van der Waals surface area contributed by atoms with Crippen molar-refractivity contribution in [2.24, 2.45) is 0 Å². The maximum Gasteiger partial charge on any atom is 0.0460 e. The molecule has 0 aliphatic carbocycles. The summed E-state index contributed by atoms with van der Waals surface area (Å²) in [6, 6.07) is 17.8. The number of thioether (sulfide) groups is 1. The Balaban J connectivity index is 1.48. The summed E-state index contributed by atoms with van der Waals surface area (Å²) in [5.41, 5.74) is 5.34. The van der Waals surface area contributed by atoms with Gasteiger partial charge >= 0.3 is 0 Å². The summed E-state index contributed by atoms with van der Waals surface area (Å²) in [7, 11) is 0. The van der Waals surface area contributed by atoms with Crippen molar-refractivity contribution in [1.29, 1.82) is 0 Å². The van der Waals surface area contributed by atoms with Crippen molar-refractivity contribution in [2.45, 2.75) is 23.8 Å². The van der Waals surface area contributed by atoms with E-state index in [2.05, 4.69) is 83.3 Å². The first-order valence-electron chi connectivity index (χ1n) is 9.13. The van der Waals surface area contributed by atoms with E-state index in [1.165, 1.54) is 32.5 Å². The third-order valence-electron chi connectivity index (χ3n) is 5.03. The lowest BCUT2D eigenvalue weighted by atomic mass is 9.93. The van der Waals surface area contributed by atoms with E-state index in [4.69, 9.17) is 0 Å². The Morgan fingerprint density at radius 3 is 2.85 bits per heavy atom. The molecule has 3 aromatic rings. The van der Waals surface area contributed by atoms with Crippen LogP contribution in [0, 0.1) is 0 Å². The van der Waals surface area contributed by atoms with Gasteiger partial charge in [0.15, 0.2) is 0 Å². The van der Waals surface area contributed by atoms with Gasteiger partial charge in [0.1, 0.15) is 0 Å². The van der Waals surface area contributed by atoms with Crippen molar-refractivity contribution < 1.29 is 0 Å². The molecule has 26 heavy (non-hydrogen) atoms. The first-order chi connectivity index (χ1) is 12.8. The molecule has 132 valence electrons. The maximum atomic E-state index is 3.63. The summed E-state index contributed by atoms with van der Waals surface area (Å²) in [6.07, 6.45) is 13.2. The second kappa shape index (κ2) is 7.98. The van der Waals surface area contributed by atoms with Crippen LogP contribution in [0.15, 0.2) is 71.8 Å². The molecule has 2 nitrogen and oxygen atoms in total. The van der Waals surface area contributed by atoms with Crippen molar-refractivity contribution in [2.75, 3.05) is 12.8 Å².